The number of carbonyl (C=O) groups excluding carboxylic acids is 1. The number of carbonyl (C=O) groups is 1. The number of unbranched alkanes of at least 4 members (excludes halogenated alkanes) is 3. The van der Waals surface area contributed by atoms with Crippen LogP contribution in [0.4, 0.5) is 10.5 Å². The van der Waals surface area contributed by atoms with Crippen LogP contribution in [-0.4, -0.2) is 25.6 Å². The van der Waals surface area contributed by atoms with E-state index in [1.807, 2.05) is 24.3 Å². The summed E-state index contributed by atoms with van der Waals surface area (Å²) in [5, 5.41) is 0. The van der Waals surface area contributed by atoms with Crippen molar-refractivity contribution in [1.82, 2.24) is 0 Å². The minimum atomic E-state index is -0.707. The van der Waals surface area contributed by atoms with Crippen molar-refractivity contribution in [2.24, 2.45) is 4.99 Å². The minimum Gasteiger partial charge on any atom is -0.494 e. The monoisotopic (exact) mass is 369 g/mol. The van der Waals surface area contributed by atoms with Crippen LogP contribution in [0.25, 0.3) is 0 Å². The van der Waals surface area contributed by atoms with Crippen molar-refractivity contribution in [3.05, 3.63) is 54.1 Å². The van der Waals surface area contributed by atoms with Crippen LogP contribution in [0.2, 0.25) is 0 Å². The molecule has 2 rings (SSSR count). The third-order valence-corrected chi connectivity index (χ3v) is 3.81. The topological polar surface area (TPSA) is 57.1 Å². The second kappa shape index (κ2) is 11.7. The Bertz CT molecular complexity index is 708. The van der Waals surface area contributed by atoms with E-state index in [1.54, 1.807) is 37.4 Å². The Hall–Kier alpha value is -2.82. The van der Waals surface area contributed by atoms with Crippen LogP contribution in [0.1, 0.15) is 45.1 Å². The number of hydrogen-bond acceptors (Lipinski definition) is 5. The third-order valence-electron chi connectivity index (χ3n) is 3.81. The first-order valence-corrected chi connectivity index (χ1v) is 9.43. The zero-order chi connectivity index (χ0) is 19.3. The van der Waals surface area contributed by atoms with E-state index in [1.165, 1.54) is 19.3 Å². The first kappa shape index (κ1) is 20.5. The molecule has 0 saturated carbocycles. The second-order valence-electron chi connectivity index (χ2n) is 6.02. The molecule has 0 saturated heterocycles. The Morgan fingerprint density at radius 2 is 1.63 bits per heavy atom. The maximum atomic E-state index is 11.3. The number of nitrogens with zero attached hydrogens (tertiary/aromatic N) is 1. The molecule has 2 aromatic carbocycles. The summed E-state index contributed by atoms with van der Waals surface area (Å²) >= 11 is 0. The van der Waals surface area contributed by atoms with E-state index < -0.39 is 6.16 Å². The summed E-state index contributed by atoms with van der Waals surface area (Å²) in [6.07, 6.45) is 5.87. The first-order chi connectivity index (χ1) is 13.2. The van der Waals surface area contributed by atoms with Crippen LogP contribution >= 0.6 is 0 Å². The maximum Gasteiger partial charge on any atom is 0.513 e. The van der Waals surface area contributed by atoms with E-state index in [0.29, 0.717) is 5.75 Å². The lowest BCUT2D eigenvalue weighted by molar-refractivity contribution is 0.104. The average molecular weight is 369 g/mol. The summed E-state index contributed by atoms with van der Waals surface area (Å²) in [6, 6.07) is 14.8. The van der Waals surface area contributed by atoms with Gasteiger partial charge in [-0.2, -0.15) is 0 Å². The first-order valence-electron chi connectivity index (χ1n) is 9.43. The van der Waals surface area contributed by atoms with Gasteiger partial charge in [-0.3, -0.25) is 4.99 Å². The quantitative estimate of drug-likeness (QED) is 0.225. The van der Waals surface area contributed by atoms with Crippen LogP contribution in [0.5, 0.6) is 11.5 Å². The lowest BCUT2D eigenvalue weighted by Gasteiger charge is -2.06. The lowest BCUT2D eigenvalue weighted by atomic mass is 10.2. The van der Waals surface area contributed by atoms with Gasteiger partial charge in [0, 0.05) is 6.21 Å². The van der Waals surface area contributed by atoms with Crippen molar-refractivity contribution in [3.63, 3.8) is 0 Å². The van der Waals surface area contributed by atoms with Gasteiger partial charge in [0.15, 0.2) is 0 Å². The number of hydrogen-bond donors (Lipinski definition) is 0. The number of benzene rings is 2. The molecule has 0 N–H and O–H groups in total. The van der Waals surface area contributed by atoms with Gasteiger partial charge in [-0.1, -0.05) is 26.2 Å². The molecule has 144 valence electrons. The molecule has 0 aliphatic rings. The van der Waals surface area contributed by atoms with Crippen LogP contribution in [0.3, 0.4) is 0 Å². The lowest BCUT2D eigenvalue weighted by Crippen LogP contribution is -2.09. The van der Waals surface area contributed by atoms with Crippen molar-refractivity contribution in [2.75, 3.05) is 13.2 Å². The van der Waals surface area contributed by atoms with Crippen molar-refractivity contribution in [3.8, 4) is 11.5 Å². The molecule has 2 aromatic rings. The van der Waals surface area contributed by atoms with Gasteiger partial charge in [-0.25, -0.2) is 4.79 Å². The van der Waals surface area contributed by atoms with Gasteiger partial charge in [-0.15, -0.1) is 0 Å². The van der Waals surface area contributed by atoms with Crippen molar-refractivity contribution in [1.29, 1.82) is 0 Å². The molecule has 0 atom stereocenters. The predicted molar refractivity (Wildman–Crippen MR) is 107 cm³/mol. The molecule has 0 heterocycles. The highest BCUT2D eigenvalue weighted by Crippen LogP contribution is 2.19. The predicted octanol–water partition coefficient (Wildman–Crippen LogP) is 5.93. The van der Waals surface area contributed by atoms with Gasteiger partial charge in [0.25, 0.3) is 0 Å². The Kier molecular flexibility index (Phi) is 8.90. The van der Waals surface area contributed by atoms with Gasteiger partial charge in [0.2, 0.25) is 0 Å². The van der Waals surface area contributed by atoms with Gasteiger partial charge < -0.3 is 14.2 Å². The normalized spacial score (nSPS) is 10.7. The van der Waals surface area contributed by atoms with Crippen LogP contribution in [-0.2, 0) is 4.74 Å². The van der Waals surface area contributed by atoms with E-state index in [-0.39, 0.29) is 6.61 Å². The van der Waals surface area contributed by atoms with E-state index in [0.717, 1.165) is 30.0 Å². The Labute approximate surface area is 161 Å². The maximum absolute atomic E-state index is 11.3. The van der Waals surface area contributed by atoms with E-state index >= 15 is 0 Å². The Morgan fingerprint density at radius 3 is 2.30 bits per heavy atom. The minimum absolute atomic E-state index is 0.282. The molecule has 0 aliphatic carbocycles. The second-order valence-corrected chi connectivity index (χ2v) is 6.02. The average Bonchev–Trinajstić information content (AvgIpc) is 2.68. The van der Waals surface area contributed by atoms with Gasteiger partial charge >= 0.3 is 6.16 Å². The Balaban J connectivity index is 1.82. The largest absolute Gasteiger partial charge is 0.513 e. The van der Waals surface area contributed by atoms with Crippen molar-refractivity contribution < 1.29 is 19.0 Å². The molecular formula is C22H27NO4. The van der Waals surface area contributed by atoms with E-state index in [9.17, 15) is 4.79 Å². The molecule has 0 spiro atoms. The number of rotatable bonds is 10. The number of ether oxygens (including phenoxy) is 3. The molecule has 0 bridgehead atoms. The molecule has 5 heteroatoms. The molecular weight excluding hydrogens is 342 g/mol. The van der Waals surface area contributed by atoms with Gasteiger partial charge in [0.1, 0.15) is 11.5 Å². The molecule has 0 aromatic heterocycles. The molecule has 0 radical (unpaired) electrons. The standard InChI is InChI=1S/C22H27NO4/c1-3-5-6-7-16-26-20-12-8-18(9-13-20)17-23-19-10-14-21(15-11-19)27-22(24)25-4-2/h8-15,17H,3-7,16H2,1-2H3. The summed E-state index contributed by atoms with van der Waals surface area (Å²) in [7, 11) is 0. The van der Waals surface area contributed by atoms with Gasteiger partial charge in [0.05, 0.1) is 18.9 Å². The van der Waals surface area contributed by atoms with E-state index in [4.69, 9.17) is 14.2 Å². The fourth-order valence-electron chi connectivity index (χ4n) is 2.36. The van der Waals surface area contributed by atoms with Crippen LogP contribution in [0.15, 0.2) is 53.5 Å². The molecule has 5 nitrogen and oxygen atoms in total. The summed E-state index contributed by atoms with van der Waals surface area (Å²) < 4.78 is 15.5. The highest BCUT2D eigenvalue weighted by molar-refractivity contribution is 5.82. The summed E-state index contributed by atoms with van der Waals surface area (Å²) in [5.74, 6) is 1.30. The zero-order valence-corrected chi connectivity index (χ0v) is 16.0. The zero-order valence-electron chi connectivity index (χ0n) is 16.0. The van der Waals surface area contributed by atoms with E-state index in [2.05, 4.69) is 11.9 Å². The Morgan fingerprint density at radius 1 is 0.926 bits per heavy atom. The molecule has 0 amide bonds. The summed E-state index contributed by atoms with van der Waals surface area (Å²) in [4.78, 5) is 15.7. The summed E-state index contributed by atoms with van der Waals surface area (Å²) in [5.41, 5.74) is 1.75. The van der Waals surface area contributed by atoms with Crippen LogP contribution < -0.4 is 9.47 Å². The molecule has 27 heavy (non-hydrogen) atoms. The fourth-order valence-corrected chi connectivity index (χ4v) is 2.36. The fraction of sp³-hybridized carbons (Fsp3) is 0.364. The summed E-state index contributed by atoms with van der Waals surface area (Å²) in [6.45, 7) is 4.97. The highest BCUT2D eigenvalue weighted by Gasteiger charge is 2.04. The van der Waals surface area contributed by atoms with Crippen molar-refractivity contribution in [2.45, 2.75) is 39.5 Å². The van der Waals surface area contributed by atoms with Gasteiger partial charge in [-0.05, 0) is 67.4 Å². The number of aliphatic imine (C=N–C) groups is 1. The van der Waals surface area contributed by atoms with Crippen LogP contribution in [0, 0.1) is 0 Å². The molecule has 0 aliphatic heterocycles. The molecule has 0 unspecified atom stereocenters. The van der Waals surface area contributed by atoms with Crippen molar-refractivity contribution >= 4 is 18.1 Å². The molecule has 0 fully saturated rings. The smallest absolute Gasteiger partial charge is 0.494 e. The highest BCUT2D eigenvalue weighted by atomic mass is 16.7. The third kappa shape index (κ3) is 7.94. The SMILES string of the molecule is CCCCCCOc1ccc(C=Nc2ccc(OC(=O)OCC)cc2)cc1.